The molecule has 1 atom stereocenters. The molecule has 0 aromatic heterocycles. The van der Waals surface area contributed by atoms with Gasteiger partial charge in [0.25, 0.3) is 0 Å². The third kappa shape index (κ3) is 5.70. The van der Waals surface area contributed by atoms with Gasteiger partial charge in [0.2, 0.25) is 0 Å². The van der Waals surface area contributed by atoms with Gasteiger partial charge in [0.15, 0.2) is 0 Å². The first-order chi connectivity index (χ1) is 10.7. The monoisotopic (exact) mass is 318 g/mol. The van der Waals surface area contributed by atoms with Crippen molar-refractivity contribution in [1.82, 2.24) is 0 Å². The zero-order valence-electron chi connectivity index (χ0n) is 13.4. The lowest BCUT2D eigenvalue weighted by atomic mass is 10.1. The summed E-state index contributed by atoms with van der Waals surface area (Å²) >= 11 is 6.01. The van der Waals surface area contributed by atoms with Crippen molar-refractivity contribution in [2.75, 3.05) is 13.7 Å². The van der Waals surface area contributed by atoms with Crippen molar-refractivity contribution < 1.29 is 10.1 Å². The SMILES string of the molecule is COc1ccc(CC[C@H](C)[NH2+]CCc2cccc(Cl)c2)cc1. The van der Waals surface area contributed by atoms with Gasteiger partial charge in [-0.25, -0.2) is 0 Å². The van der Waals surface area contributed by atoms with Gasteiger partial charge in [0.05, 0.1) is 19.7 Å². The van der Waals surface area contributed by atoms with E-state index in [2.05, 4.69) is 36.5 Å². The lowest BCUT2D eigenvalue weighted by Gasteiger charge is -2.11. The van der Waals surface area contributed by atoms with Gasteiger partial charge in [-0.15, -0.1) is 0 Å². The second-order valence-corrected chi connectivity index (χ2v) is 6.20. The summed E-state index contributed by atoms with van der Waals surface area (Å²) in [6.07, 6.45) is 3.36. The van der Waals surface area contributed by atoms with Crippen molar-refractivity contribution in [2.24, 2.45) is 0 Å². The fraction of sp³-hybridized carbons (Fsp3) is 0.368. The zero-order valence-corrected chi connectivity index (χ0v) is 14.1. The second-order valence-electron chi connectivity index (χ2n) is 5.77. The maximum Gasteiger partial charge on any atom is 0.118 e. The number of ether oxygens (including phenoxy) is 1. The van der Waals surface area contributed by atoms with Crippen LogP contribution in [0.1, 0.15) is 24.5 Å². The van der Waals surface area contributed by atoms with Gasteiger partial charge < -0.3 is 10.1 Å². The fourth-order valence-corrected chi connectivity index (χ4v) is 2.74. The minimum atomic E-state index is 0.626. The van der Waals surface area contributed by atoms with Crippen LogP contribution >= 0.6 is 11.6 Å². The molecule has 0 heterocycles. The van der Waals surface area contributed by atoms with Crippen LogP contribution in [0.3, 0.4) is 0 Å². The number of halogens is 1. The third-order valence-corrected chi connectivity index (χ3v) is 4.17. The molecule has 0 bridgehead atoms. The molecule has 0 aliphatic carbocycles. The summed E-state index contributed by atoms with van der Waals surface area (Å²) in [4.78, 5) is 0. The summed E-state index contributed by atoms with van der Waals surface area (Å²) < 4.78 is 5.18. The normalized spacial score (nSPS) is 12.1. The standard InChI is InChI=1S/C19H24ClNO/c1-15(6-7-16-8-10-19(22-2)11-9-16)21-13-12-17-4-3-5-18(20)14-17/h3-5,8-11,14-15,21H,6-7,12-13H2,1-2H3/p+1/t15-/m0/s1. The van der Waals surface area contributed by atoms with Gasteiger partial charge in [-0.05, 0) is 48.7 Å². The Morgan fingerprint density at radius 1 is 1.05 bits per heavy atom. The Balaban J connectivity index is 1.68. The molecule has 118 valence electrons. The molecule has 0 saturated heterocycles. The minimum Gasteiger partial charge on any atom is -0.497 e. The van der Waals surface area contributed by atoms with Crippen LogP contribution in [-0.2, 0) is 12.8 Å². The van der Waals surface area contributed by atoms with E-state index in [0.29, 0.717) is 6.04 Å². The van der Waals surface area contributed by atoms with Crippen molar-refractivity contribution >= 4 is 11.6 Å². The Bertz CT molecular complexity index is 568. The summed E-state index contributed by atoms with van der Waals surface area (Å²) in [7, 11) is 1.70. The Hall–Kier alpha value is -1.51. The fourth-order valence-electron chi connectivity index (χ4n) is 2.53. The van der Waals surface area contributed by atoms with Gasteiger partial charge >= 0.3 is 0 Å². The maximum absolute atomic E-state index is 6.01. The molecule has 0 fully saturated rings. The van der Waals surface area contributed by atoms with Crippen LogP contribution < -0.4 is 10.1 Å². The van der Waals surface area contributed by atoms with Gasteiger partial charge in [-0.3, -0.25) is 0 Å². The van der Waals surface area contributed by atoms with E-state index in [0.717, 1.165) is 30.2 Å². The molecule has 0 aliphatic heterocycles. The molecule has 0 unspecified atom stereocenters. The first-order valence-corrected chi connectivity index (χ1v) is 8.26. The average Bonchev–Trinajstić information content (AvgIpc) is 2.53. The Morgan fingerprint density at radius 2 is 1.82 bits per heavy atom. The summed E-state index contributed by atoms with van der Waals surface area (Å²) in [5.41, 5.74) is 2.68. The number of rotatable bonds is 8. The molecular weight excluding hydrogens is 294 g/mol. The van der Waals surface area contributed by atoms with Crippen LogP contribution in [-0.4, -0.2) is 19.7 Å². The van der Waals surface area contributed by atoms with Crippen LogP contribution in [0, 0.1) is 0 Å². The number of benzene rings is 2. The first-order valence-electron chi connectivity index (χ1n) is 7.88. The van der Waals surface area contributed by atoms with E-state index in [4.69, 9.17) is 16.3 Å². The van der Waals surface area contributed by atoms with E-state index in [1.807, 2.05) is 24.3 Å². The molecule has 2 nitrogen and oxygen atoms in total. The number of hydrogen-bond donors (Lipinski definition) is 1. The van der Waals surface area contributed by atoms with Crippen molar-refractivity contribution in [3.8, 4) is 5.75 Å². The highest BCUT2D eigenvalue weighted by molar-refractivity contribution is 6.30. The first kappa shape index (κ1) is 16.9. The summed E-state index contributed by atoms with van der Waals surface area (Å²) in [5.74, 6) is 0.921. The molecule has 0 saturated carbocycles. The van der Waals surface area contributed by atoms with Crippen molar-refractivity contribution in [1.29, 1.82) is 0 Å². The quantitative estimate of drug-likeness (QED) is 0.792. The second kappa shape index (κ2) is 8.82. The van der Waals surface area contributed by atoms with Gasteiger partial charge in [-0.2, -0.15) is 0 Å². The van der Waals surface area contributed by atoms with E-state index in [9.17, 15) is 0 Å². The minimum absolute atomic E-state index is 0.626. The molecule has 2 rings (SSSR count). The lowest BCUT2D eigenvalue weighted by Crippen LogP contribution is -2.89. The molecule has 0 amide bonds. The maximum atomic E-state index is 6.01. The van der Waals surface area contributed by atoms with E-state index in [1.54, 1.807) is 7.11 Å². The van der Waals surface area contributed by atoms with Crippen molar-refractivity contribution in [3.63, 3.8) is 0 Å². The van der Waals surface area contributed by atoms with Crippen LogP contribution in [0.25, 0.3) is 0 Å². The predicted molar refractivity (Wildman–Crippen MR) is 92.7 cm³/mol. The molecule has 2 aromatic carbocycles. The lowest BCUT2D eigenvalue weighted by molar-refractivity contribution is -0.686. The largest absolute Gasteiger partial charge is 0.497 e. The third-order valence-electron chi connectivity index (χ3n) is 3.94. The number of hydrogen-bond acceptors (Lipinski definition) is 1. The number of aryl methyl sites for hydroxylation is 1. The highest BCUT2D eigenvalue weighted by Crippen LogP contribution is 2.13. The highest BCUT2D eigenvalue weighted by Gasteiger charge is 2.06. The van der Waals surface area contributed by atoms with Gasteiger partial charge in [-0.1, -0.05) is 35.9 Å². The zero-order chi connectivity index (χ0) is 15.8. The van der Waals surface area contributed by atoms with E-state index in [1.165, 1.54) is 17.5 Å². The number of methoxy groups -OCH3 is 1. The van der Waals surface area contributed by atoms with Crippen molar-refractivity contribution in [2.45, 2.75) is 32.2 Å². The molecule has 0 aliphatic rings. The average molecular weight is 319 g/mol. The van der Waals surface area contributed by atoms with Crippen LogP contribution in [0.4, 0.5) is 0 Å². The molecule has 2 aromatic rings. The molecule has 3 heteroatoms. The summed E-state index contributed by atoms with van der Waals surface area (Å²) in [6.45, 7) is 3.39. The molecule has 0 radical (unpaired) electrons. The molecule has 0 spiro atoms. The molecule has 2 N–H and O–H groups in total. The van der Waals surface area contributed by atoms with E-state index < -0.39 is 0 Å². The van der Waals surface area contributed by atoms with Crippen LogP contribution in [0.2, 0.25) is 5.02 Å². The topological polar surface area (TPSA) is 25.8 Å². The van der Waals surface area contributed by atoms with Crippen LogP contribution in [0.15, 0.2) is 48.5 Å². The Morgan fingerprint density at radius 3 is 2.50 bits per heavy atom. The van der Waals surface area contributed by atoms with Crippen LogP contribution in [0.5, 0.6) is 5.75 Å². The van der Waals surface area contributed by atoms with E-state index in [-0.39, 0.29) is 0 Å². The summed E-state index contributed by atoms with van der Waals surface area (Å²) in [6, 6.07) is 17.1. The summed E-state index contributed by atoms with van der Waals surface area (Å²) in [5, 5.41) is 3.25. The Labute approximate surface area is 138 Å². The predicted octanol–water partition coefficient (Wildman–Crippen LogP) is 3.48. The molecular formula is C19H25ClNO+. The smallest absolute Gasteiger partial charge is 0.118 e. The number of quaternary nitrogens is 1. The van der Waals surface area contributed by atoms with Gasteiger partial charge in [0.1, 0.15) is 5.75 Å². The number of nitrogens with two attached hydrogens (primary N) is 1. The van der Waals surface area contributed by atoms with Crippen molar-refractivity contribution in [3.05, 3.63) is 64.7 Å². The molecule has 22 heavy (non-hydrogen) atoms. The Kier molecular flexibility index (Phi) is 6.75. The highest BCUT2D eigenvalue weighted by atomic mass is 35.5. The van der Waals surface area contributed by atoms with E-state index >= 15 is 0 Å². The van der Waals surface area contributed by atoms with Gasteiger partial charge in [0, 0.05) is 17.9 Å².